The molecule has 0 heterocycles. The zero-order valence-electron chi connectivity index (χ0n) is 22.0. The lowest BCUT2D eigenvalue weighted by molar-refractivity contribution is -0.187. The van der Waals surface area contributed by atoms with Gasteiger partial charge in [-0.05, 0) is 86.8 Å². The summed E-state index contributed by atoms with van der Waals surface area (Å²) in [5.74, 6) is -1.22. The van der Waals surface area contributed by atoms with Crippen molar-refractivity contribution in [2.75, 3.05) is 0 Å². The average molecular weight is 523 g/mol. The maximum absolute atomic E-state index is 14.8. The molecule has 0 amide bonds. The topological polar surface area (TPSA) is 9.23 Å². The van der Waals surface area contributed by atoms with Crippen molar-refractivity contribution in [2.24, 2.45) is 17.8 Å². The molecular formula is C31H39F5O. The van der Waals surface area contributed by atoms with Crippen LogP contribution in [0.15, 0.2) is 30.3 Å². The van der Waals surface area contributed by atoms with Crippen LogP contribution >= 0.6 is 0 Å². The largest absolute Gasteiger partial charge is 0.429 e. The van der Waals surface area contributed by atoms with Crippen LogP contribution in [0.1, 0.15) is 107 Å². The molecule has 2 fully saturated rings. The minimum atomic E-state index is -4.07. The summed E-state index contributed by atoms with van der Waals surface area (Å²) in [6, 6.07) is 5.11. The molecule has 0 radical (unpaired) electrons. The van der Waals surface area contributed by atoms with Gasteiger partial charge in [0.2, 0.25) is 0 Å². The van der Waals surface area contributed by atoms with Gasteiger partial charge in [0, 0.05) is 17.7 Å². The van der Waals surface area contributed by atoms with E-state index in [0.717, 1.165) is 49.1 Å². The first-order valence-electron chi connectivity index (χ1n) is 14.0. The van der Waals surface area contributed by atoms with Crippen LogP contribution in [0.3, 0.4) is 0 Å². The van der Waals surface area contributed by atoms with E-state index in [1.165, 1.54) is 64.4 Å². The SMILES string of the molecule is CCCCCC1CCC(C2CCC(c3ccc(C(F)(F)Oc4cc(F)c(C)c(F)c4)c(F)c3)CC2)CC1. The van der Waals surface area contributed by atoms with Crippen molar-refractivity contribution in [1.82, 2.24) is 0 Å². The molecule has 0 saturated heterocycles. The highest BCUT2D eigenvalue weighted by Gasteiger charge is 2.39. The standard InChI is InChI=1S/C31H39F5O/c1-3-4-5-6-21-7-9-22(10-8-21)23-11-13-24(14-12-23)25-15-16-27(30(34)17-25)31(35,36)37-26-18-28(32)20(2)29(33)19-26/h15-19,21-24H,3-14H2,1-2H3. The molecule has 2 aliphatic rings. The van der Waals surface area contributed by atoms with Crippen LogP contribution in [0.4, 0.5) is 22.0 Å². The van der Waals surface area contributed by atoms with Crippen molar-refractivity contribution >= 4 is 0 Å². The van der Waals surface area contributed by atoms with Crippen LogP contribution in [0, 0.1) is 42.1 Å². The highest BCUT2D eigenvalue weighted by molar-refractivity contribution is 5.33. The first-order valence-corrected chi connectivity index (χ1v) is 14.0. The Balaban J connectivity index is 1.32. The molecule has 204 valence electrons. The fourth-order valence-electron chi connectivity index (χ4n) is 6.46. The Bertz CT molecular complexity index is 1010. The summed E-state index contributed by atoms with van der Waals surface area (Å²) < 4.78 is 76.3. The summed E-state index contributed by atoms with van der Waals surface area (Å²) in [4.78, 5) is 0. The number of benzene rings is 2. The number of hydrogen-bond acceptors (Lipinski definition) is 1. The zero-order valence-corrected chi connectivity index (χ0v) is 22.0. The minimum absolute atomic E-state index is 0.153. The van der Waals surface area contributed by atoms with Gasteiger partial charge in [-0.25, -0.2) is 13.2 Å². The Hall–Kier alpha value is -2.11. The van der Waals surface area contributed by atoms with Crippen LogP contribution in [0.25, 0.3) is 0 Å². The fraction of sp³-hybridized carbons (Fsp3) is 0.613. The van der Waals surface area contributed by atoms with Crippen LogP contribution < -0.4 is 4.74 Å². The van der Waals surface area contributed by atoms with E-state index in [2.05, 4.69) is 11.7 Å². The second kappa shape index (κ2) is 12.2. The second-order valence-corrected chi connectivity index (χ2v) is 11.3. The predicted octanol–water partition coefficient (Wildman–Crippen LogP) is 10.2. The summed E-state index contributed by atoms with van der Waals surface area (Å²) in [5, 5.41) is 0. The van der Waals surface area contributed by atoms with Gasteiger partial charge in [-0.1, -0.05) is 51.5 Å². The molecular weight excluding hydrogens is 483 g/mol. The molecule has 0 aliphatic heterocycles. The maximum atomic E-state index is 14.8. The van der Waals surface area contributed by atoms with Crippen molar-refractivity contribution < 1.29 is 26.7 Å². The molecule has 0 atom stereocenters. The maximum Gasteiger partial charge on any atom is 0.429 e. The molecule has 2 aromatic rings. The smallest absolute Gasteiger partial charge is 0.429 e. The summed E-state index contributed by atoms with van der Waals surface area (Å²) in [6.45, 7) is 3.44. The molecule has 0 spiro atoms. The Kier molecular flexibility index (Phi) is 9.18. The normalized spacial score (nSPS) is 24.7. The quantitative estimate of drug-likeness (QED) is 0.235. The Morgan fingerprint density at radius 2 is 1.38 bits per heavy atom. The van der Waals surface area contributed by atoms with Crippen molar-refractivity contribution in [3.8, 4) is 5.75 Å². The van der Waals surface area contributed by atoms with E-state index in [1.54, 1.807) is 6.07 Å². The monoisotopic (exact) mass is 522 g/mol. The molecule has 1 nitrogen and oxygen atoms in total. The van der Waals surface area contributed by atoms with Crippen molar-refractivity contribution in [3.63, 3.8) is 0 Å². The molecule has 0 N–H and O–H groups in total. The number of halogens is 5. The van der Waals surface area contributed by atoms with Gasteiger partial charge in [0.15, 0.2) is 0 Å². The second-order valence-electron chi connectivity index (χ2n) is 11.3. The first-order chi connectivity index (χ1) is 17.7. The summed E-state index contributed by atoms with van der Waals surface area (Å²) >= 11 is 0. The number of ether oxygens (including phenoxy) is 1. The highest BCUT2D eigenvalue weighted by atomic mass is 19.3. The summed E-state index contributed by atoms with van der Waals surface area (Å²) in [6.07, 6.45) is 10.7. The zero-order chi connectivity index (χ0) is 26.6. The van der Waals surface area contributed by atoms with Crippen LogP contribution in [-0.2, 0) is 6.11 Å². The van der Waals surface area contributed by atoms with Gasteiger partial charge < -0.3 is 4.74 Å². The lowest BCUT2D eigenvalue weighted by atomic mass is 9.68. The molecule has 37 heavy (non-hydrogen) atoms. The van der Waals surface area contributed by atoms with Crippen LogP contribution in [-0.4, -0.2) is 0 Å². The van der Waals surface area contributed by atoms with Gasteiger partial charge in [-0.3, -0.25) is 0 Å². The Labute approximate surface area is 217 Å². The van der Waals surface area contributed by atoms with Gasteiger partial charge in [0.05, 0.1) is 5.56 Å². The van der Waals surface area contributed by atoms with Crippen LogP contribution in [0.2, 0.25) is 0 Å². The van der Waals surface area contributed by atoms with E-state index in [1.807, 2.05) is 0 Å². The molecule has 2 aliphatic carbocycles. The van der Waals surface area contributed by atoms with E-state index in [4.69, 9.17) is 0 Å². The minimum Gasteiger partial charge on any atom is -0.429 e. The molecule has 0 bridgehead atoms. The van der Waals surface area contributed by atoms with Crippen molar-refractivity contribution in [2.45, 2.75) is 103 Å². The Morgan fingerprint density at radius 3 is 1.95 bits per heavy atom. The third-order valence-electron chi connectivity index (χ3n) is 8.82. The van der Waals surface area contributed by atoms with Gasteiger partial charge in [-0.15, -0.1) is 0 Å². The molecule has 2 aromatic carbocycles. The molecule has 0 aromatic heterocycles. The van der Waals surface area contributed by atoms with E-state index < -0.39 is 34.9 Å². The Morgan fingerprint density at radius 1 is 0.784 bits per heavy atom. The average Bonchev–Trinajstić information content (AvgIpc) is 2.87. The van der Waals surface area contributed by atoms with Crippen molar-refractivity contribution in [3.05, 3.63) is 64.5 Å². The predicted molar refractivity (Wildman–Crippen MR) is 136 cm³/mol. The third-order valence-corrected chi connectivity index (χ3v) is 8.82. The van der Waals surface area contributed by atoms with E-state index in [-0.39, 0.29) is 11.5 Å². The summed E-state index contributed by atoms with van der Waals surface area (Å²) in [5.41, 5.74) is -0.513. The first kappa shape index (κ1) is 27.9. The van der Waals surface area contributed by atoms with E-state index >= 15 is 0 Å². The number of alkyl halides is 2. The van der Waals surface area contributed by atoms with Crippen LogP contribution in [0.5, 0.6) is 5.75 Å². The summed E-state index contributed by atoms with van der Waals surface area (Å²) in [7, 11) is 0. The third kappa shape index (κ3) is 6.86. The fourth-order valence-corrected chi connectivity index (χ4v) is 6.46. The van der Waals surface area contributed by atoms with Gasteiger partial charge >= 0.3 is 6.11 Å². The number of unbranched alkanes of at least 4 members (excludes halogenated alkanes) is 2. The molecule has 0 unspecified atom stereocenters. The van der Waals surface area contributed by atoms with E-state index in [0.29, 0.717) is 18.1 Å². The molecule has 4 rings (SSSR count). The number of hydrogen-bond donors (Lipinski definition) is 0. The number of rotatable bonds is 9. The molecule has 6 heteroatoms. The van der Waals surface area contributed by atoms with Gasteiger partial charge in [0.1, 0.15) is 23.2 Å². The van der Waals surface area contributed by atoms with E-state index in [9.17, 15) is 22.0 Å². The lowest BCUT2D eigenvalue weighted by Crippen LogP contribution is -2.26. The molecule has 2 saturated carbocycles. The van der Waals surface area contributed by atoms with Gasteiger partial charge in [0.25, 0.3) is 0 Å². The van der Waals surface area contributed by atoms with Crippen molar-refractivity contribution in [1.29, 1.82) is 0 Å². The lowest BCUT2D eigenvalue weighted by Gasteiger charge is -2.38. The van der Waals surface area contributed by atoms with Gasteiger partial charge in [-0.2, -0.15) is 8.78 Å². The highest BCUT2D eigenvalue weighted by Crippen LogP contribution is 2.45.